The van der Waals surface area contributed by atoms with Gasteiger partial charge in [0.25, 0.3) is 0 Å². The summed E-state index contributed by atoms with van der Waals surface area (Å²) in [6, 6.07) is 15.8. The molecule has 0 aliphatic rings. The van der Waals surface area contributed by atoms with E-state index in [4.69, 9.17) is 5.73 Å². The molecule has 3 N–H and O–H groups in total. The molecule has 3 nitrogen and oxygen atoms in total. The van der Waals surface area contributed by atoms with Gasteiger partial charge in [0.1, 0.15) is 0 Å². The number of amides is 1. The van der Waals surface area contributed by atoms with Crippen molar-refractivity contribution in [3.8, 4) is 0 Å². The standard InChI is InChI=1S/C16H17BrN2O/c1-11(12-6-8-14(17)9-7-12)19-10-13-4-2-3-5-15(13)16(18)20/h2-9,11,19H,10H2,1H3,(H2,18,20)/t11-/m1/s1. The van der Waals surface area contributed by atoms with E-state index in [1.165, 1.54) is 5.56 Å². The molecular weight excluding hydrogens is 316 g/mol. The Bertz CT molecular complexity index is 596. The average Bonchev–Trinajstić information content (AvgIpc) is 2.45. The number of rotatable bonds is 5. The van der Waals surface area contributed by atoms with Gasteiger partial charge in [-0.25, -0.2) is 0 Å². The number of nitrogens with one attached hydrogen (secondary N) is 1. The van der Waals surface area contributed by atoms with Crippen LogP contribution in [0.4, 0.5) is 0 Å². The lowest BCUT2D eigenvalue weighted by Crippen LogP contribution is -2.21. The molecule has 4 heteroatoms. The number of carbonyl (C=O) groups is 1. The van der Waals surface area contributed by atoms with Gasteiger partial charge in [-0.15, -0.1) is 0 Å². The lowest BCUT2D eigenvalue weighted by Gasteiger charge is -2.15. The molecule has 1 amide bonds. The fourth-order valence-electron chi connectivity index (χ4n) is 2.05. The van der Waals surface area contributed by atoms with Gasteiger partial charge in [-0.2, -0.15) is 0 Å². The van der Waals surface area contributed by atoms with Crippen LogP contribution in [0.25, 0.3) is 0 Å². The van der Waals surface area contributed by atoms with Crippen LogP contribution in [0.2, 0.25) is 0 Å². The zero-order valence-corrected chi connectivity index (χ0v) is 12.9. The van der Waals surface area contributed by atoms with Gasteiger partial charge < -0.3 is 11.1 Å². The molecule has 1 atom stereocenters. The number of hydrogen-bond acceptors (Lipinski definition) is 2. The van der Waals surface area contributed by atoms with Crippen molar-refractivity contribution in [2.75, 3.05) is 0 Å². The maximum atomic E-state index is 11.4. The fourth-order valence-corrected chi connectivity index (χ4v) is 2.31. The third-order valence-corrected chi connectivity index (χ3v) is 3.78. The molecule has 2 rings (SSSR count). The first-order valence-electron chi connectivity index (χ1n) is 6.44. The van der Waals surface area contributed by atoms with Crippen LogP contribution in [0.1, 0.15) is 34.5 Å². The summed E-state index contributed by atoms with van der Waals surface area (Å²) < 4.78 is 1.06. The highest BCUT2D eigenvalue weighted by atomic mass is 79.9. The van der Waals surface area contributed by atoms with Crippen LogP contribution in [0, 0.1) is 0 Å². The van der Waals surface area contributed by atoms with Gasteiger partial charge >= 0.3 is 0 Å². The van der Waals surface area contributed by atoms with Crippen molar-refractivity contribution in [3.63, 3.8) is 0 Å². The molecule has 0 aliphatic carbocycles. The first kappa shape index (κ1) is 14.8. The Labute approximate surface area is 127 Å². The molecular formula is C16H17BrN2O. The van der Waals surface area contributed by atoms with Crippen LogP contribution >= 0.6 is 15.9 Å². The van der Waals surface area contributed by atoms with E-state index in [1.54, 1.807) is 6.07 Å². The predicted molar refractivity (Wildman–Crippen MR) is 84.4 cm³/mol. The van der Waals surface area contributed by atoms with Crippen LogP contribution in [-0.4, -0.2) is 5.91 Å². The Morgan fingerprint density at radius 1 is 1.20 bits per heavy atom. The van der Waals surface area contributed by atoms with Gasteiger partial charge in [0.15, 0.2) is 0 Å². The normalized spacial score (nSPS) is 12.1. The van der Waals surface area contributed by atoms with Crippen molar-refractivity contribution < 1.29 is 4.79 Å². The Hall–Kier alpha value is -1.65. The second-order valence-electron chi connectivity index (χ2n) is 4.68. The second-order valence-corrected chi connectivity index (χ2v) is 5.59. The monoisotopic (exact) mass is 332 g/mol. The van der Waals surface area contributed by atoms with Gasteiger partial charge in [0, 0.05) is 22.6 Å². The summed E-state index contributed by atoms with van der Waals surface area (Å²) in [5.74, 6) is -0.390. The SMILES string of the molecule is C[C@@H](NCc1ccccc1C(N)=O)c1ccc(Br)cc1. The van der Waals surface area contributed by atoms with Crippen LogP contribution in [0.3, 0.4) is 0 Å². The van der Waals surface area contributed by atoms with Crippen molar-refractivity contribution in [1.82, 2.24) is 5.32 Å². The minimum atomic E-state index is -0.390. The predicted octanol–water partition coefficient (Wildman–Crippen LogP) is 3.40. The van der Waals surface area contributed by atoms with Crippen LogP contribution in [0.5, 0.6) is 0 Å². The molecule has 0 unspecified atom stereocenters. The van der Waals surface area contributed by atoms with Crippen molar-refractivity contribution in [1.29, 1.82) is 0 Å². The number of halogens is 1. The number of nitrogens with two attached hydrogens (primary N) is 1. The summed E-state index contributed by atoms with van der Waals surface area (Å²) >= 11 is 3.42. The van der Waals surface area contributed by atoms with E-state index in [2.05, 4.69) is 40.3 Å². The van der Waals surface area contributed by atoms with Crippen molar-refractivity contribution in [2.45, 2.75) is 19.5 Å². The summed E-state index contributed by atoms with van der Waals surface area (Å²) in [6.07, 6.45) is 0. The topological polar surface area (TPSA) is 55.1 Å². The Balaban J connectivity index is 2.05. The van der Waals surface area contributed by atoms with E-state index >= 15 is 0 Å². The van der Waals surface area contributed by atoms with E-state index < -0.39 is 5.91 Å². The first-order valence-corrected chi connectivity index (χ1v) is 7.24. The Morgan fingerprint density at radius 2 is 1.85 bits per heavy atom. The summed E-state index contributed by atoms with van der Waals surface area (Å²) in [7, 11) is 0. The molecule has 0 spiro atoms. The fraction of sp³-hybridized carbons (Fsp3) is 0.188. The summed E-state index contributed by atoms with van der Waals surface area (Å²) in [5, 5.41) is 3.41. The largest absolute Gasteiger partial charge is 0.366 e. The third kappa shape index (κ3) is 3.68. The molecule has 0 aliphatic heterocycles. The van der Waals surface area contributed by atoms with Crippen molar-refractivity contribution in [3.05, 3.63) is 69.7 Å². The minimum Gasteiger partial charge on any atom is -0.366 e. The summed E-state index contributed by atoms with van der Waals surface area (Å²) in [4.78, 5) is 11.4. The van der Waals surface area contributed by atoms with E-state index in [-0.39, 0.29) is 6.04 Å². The highest BCUT2D eigenvalue weighted by molar-refractivity contribution is 9.10. The molecule has 20 heavy (non-hydrogen) atoms. The van der Waals surface area contributed by atoms with Crippen molar-refractivity contribution >= 4 is 21.8 Å². The first-order chi connectivity index (χ1) is 9.58. The number of hydrogen-bond donors (Lipinski definition) is 2. The zero-order valence-electron chi connectivity index (χ0n) is 11.3. The number of benzene rings is 2. The zero-order chi connectivity index (χ0) is 14.5. The van der Waals surface area contributed by atoms with Crippen LogP contribution in [-0.2, 0) is 6.54 Å². The van der Waals surface area contributed by atoms with Crippen LogP contribution in [0.15, 0.2) is 53.0 Å². The number of primary amides is 1. The molecule has 0 bridgehead atoms. The van der Waals surface area contributed by atoms with E-state index in [9.17, 15) is 4.79 Å². The highest BCUT2D eigenvalue weighted by Crippen LogP contribution is 2.17. The van der Waals surface area contributed by atoms with Gasteiger partial charge in [-0.3, -0.25) is 4.79 Å². The smallest absolute Gasteiger partial charge is 0.249 e. The van der Waals surface area contributed by atoms with Crippen LogP contribution < -0.4 is 11.1 Å². The molecule has 0 fully saturated rings. The van der Waals surface area contributed by atoms with E-state index in [0.717, 1.165) is 10.0 Å². The lowest BCUT2D eigenvalue weighted by atomic mass is 10.1. The van der Waals surface area contributed by atoms with Gasteiger partial charge in [0.05, 0.1) is 0 Å². The Morgan fingerprint density at radius 3 is 2.50 bits per heavy atom. The van der Waals surface area contributed by atoms with Crippen molar-refractivity contribution in [2.24, 2.45) is 5.73 Å². The lowest BCUT2D eigenvalue weighted by molar-refractivity contribution is 0.0999. The third-order valence-electron chi connectivity index (χ3n) is 3.25. The summed E-state index contributed by atoms with van der Waals surface area (Å²) in [6.45, 7) is 2.70. The maximum absolute atomic E-state index is 11.4. The molecule has 2 aromatic carbocycles. The molecule has 104 valence electrons. The van der Waals surface area contributed by atoms with Gasteiger partial charge in [0.2, 0.25) is 5.91 Å². The molecule has 0 radical (unpaired) electrons. The highest BCUT2D eigenvalue weighted by Gasteiger charge is 2.09. The minimum absolute atomic E-state index is 0.198. The Kier molecular flexibility index (Phi) is 4.93. The summed E-state index contributed by atoms with van der Waals surface area (Å²) in [5.41, 5.74) is 8.07. The maximum Gasteiger partial charge on any atom is 0.249 e. The molecule has 0 saturated heterocycles. The van der Waals surface area contributed by atoms with Gasteiger partial charge in [-0.1, -0.05) is 46.3 Å². The molecule has 0 heterocycles. The second kappa shape index (κ2) is 6.68. The molecule has 0 aromatic heterocycles. The number of carbonyl (C=O) groups excluding carboxylic acids is 1. The quantitative estimate of drug-likeness (QED) is 0.881. The molecule has 0 saturated carbocycles. The van der Waals surface area contributed by atoms with Gasteiger partial charge in [-0.05, 0) is 36.2 Å². The van der Waals surface area contributed by atoms with E-state index in [1.807, 2.05) is 30.3 Å². The van der Waals surface area contributed by atoms with E-state index in [0.29, 0.717) is 12.1 Å². The average molecular weight is 333 g/mol. The molecule has 2 aromatic rings.